The van der Waals surface area contributed by atoms with Crippen LogP contribution in [0.3, 0.4) is 0 Å². The van der Waals surface area contributed by atoms with Crippen LogP contribution in [0.5, 0.6) is 0 Å². The second kappa shape index (κ2) is 6.43. The lowest BCUT2D eigenvalue weighted by Crippen LogP contribution is -2.48. The fourth-order valence-electron chi connectivity index (χ4n) is 2.04. The molecule has 21 heavy (non-hydrogen) atoms. The molecule has 9 nitrogen and oxygen atoms in total. The molecule has 1 aromatic rings. The summed E-state index contributed by atoms with van der Waals surface area (Å²) in [5.74, 6) is -0.385. The van der Waals surface area contributed by atoms with Crippen molar-refractivity contribution in [1.29, 1.82) is 0 Å². The number of nitrogens with zero attached hydrogens (tertiary/aromatic N) is 3. The van der Waals surface area contributed by atoms with Crippen molar-refractivity contribution in [2.24, 2.45) is 0 Å². The van der Waals surface area contributed by atoms with Gasteiger partial charge in [0.05, 0.1) is 12.7 Å². The quantitative estimate of drug-likeness (QED) is 0.580. The topological polar surface area (TPSA) is 115 Å². The van der Waals surface area contributed by atoms with E-state index in [0.29, 0.717) is 13.2 Å². The molecule has 1 atom stereocenters. The Bertz CT molecular complexity index is 602. The van der Waals surface area contributed by atoms with Gasteiger partial charge in [0, 0.05) is 25.7 Å². The van der Waals surface area contributed by atoms with E-state index in [1.165, 1.54) is 10.4 Å². The van der Waals surface area contributed by atoms with Crippen molar-refractivity contribution in [3.05, 3.63) is 28.4 Å². The van der Waals surface area contributed by atoms with Crippen molar-refractivity contribution in [2.45, 2.75) is 11.0 Å². The Morgan fingerprint density at radius 3 is 2.90 bits per heavy atom. The number of likely N-dealkylation sites (N-methyl/N-ethyl adjacent to an activating group) is 1. The van der Waals surface area contributed by atoms with Crippen LogP contribution >= 0.6 is 0 Å². The fourth-order valence-corrected chi connectivity index (χ4v) is 3.45. The molecule has 0 radical (unpaired) electrons. The highest BCUT2D eigenvalue weighted by Gasteiger charge is 2.31. The summed E-state index contributed by atoms with van der Waals surface area (Å²) in [7, 11) is -1.95. The van der Waals surface area contributed by atoms with Crippen LogP contribution in [0.2, 0.25) is 0 Å². The van der Waals surface area contributed by atoms with Crippen LogP contribution in [-0.4, -0.2) is 62.0 Å². The second-order valence-electron chi connectivity index (χ2n) is 4.52. The van der Waals surface area contributed by atoms with Crippen molar-refractivity contribution in [2.75, 3.05) is 33.3 Å². The first-order valence-corrected chi connectivity index (χ1v) is 7.76. The number of pyridine rings is 1. The average molecular weight is 316 g/mol. The molecule has 1 saturated heterocycles. The van der Waals surface area contributed by atoms with Gasteiger partial charge in [-0.2, -0.15) is 4.31 Å². The normalized spacial score (nSPS) is 20.3. The third kappa shape index (κ3) is 3.53. The van der Waals surface area contributed by atoms with E-state index in [1.807, 2.05) is 0 Å². The third-order valence-corrected chi connectivity index (χ3v) is 4.93. The second-order valence-corrected chi connectivity index (χ2v) is 6.46. The lowest BCUT2D eigenvalue weighted by molar-refractivity contribution is -0.389. The molecule has 0 aromatic carbocycles. The molecule has 10 heteroatoms. The number of nitro groups is 1. The molecule has 0 spiro atoms. The van der Waals surface area contributed by atoms with E-state index < -0.39 is 14.9 Å². The lowest BCUT2D eigenvalue weighted by atomic mass is 10.3. The lowest BCUT2D eigenvalue weighted by Gasteiger charge is -2.31. The minimum Gasteiger partial charge on any atom is -0.374 e. The van der Waals surface area contributed by atoms with Gasteiger partial charge in [-0.05, 0) is 23.0 Å². The largest absolute Gasteiger partial charge is 0.374 e. The van der Waals surface area contributed by atoms with Gasteiger partial charge in [-0.25, -0.2) is 8.42 Å². The van der Waals surface area contributed by atoms with Crippen LogP contribution < -0.4 is 5.32 Å². The highest BCUT2D eigenvalue weighted by molar-refractivity contribution is 7.89. The van der Waals surface area contributed by atoms with E-state index in [4.69, 9.17) is 4.74 Å². The van der Waals surface area contributed by atoms with Gasteiger partial charge in [-0.15, -0.1) is 0 Å². The minimum atomic E-state index is -3.72. The zero-order chi connectivity index (χ0) is 15.5. The summed E-state index contributed by atoms with van der Waals surface area (Å²) in [6.45, 7) is 1.34. The number of ether oxygens (including phenoxy) is 1. The van der Waals surface area contributed by atoms with Crippen molar-refractivity contribution in [1.82, 2.24) is 14.6 Å². The Hall–Kier alpha value is -1.62. The van der Waals surface area contributed by atoms with E-state index in [2.05, 4.69) is 10.3 Å². The van der Waals surface area contributed by atoms with Gasteiger partial charge in [-0.1, -0.05) is 0 Å². The zero-order valence-corrected chi connectivity index (χ0v) is 12.2. The van der Waals surface area contributed by atoms with Gasteiger partial charge < -0.3 is 20.2 Å². The highest BCUT2D eigenvalue weighted by atomic mass is 32.2. The van der Waals surface area contributed by atoms with Gasteiger partial charge in [-0.3, -0.25) is 0 Å². The summed E-state index contributed by atoms with van der Waals surface area (Å²) in [5.41, 5.74) is 0. The first-order valence-electron chi connectivity index (χ1n) is 6.32. The van der Waals surface area contributed by atoms with Crippen molar-refractivity contribution >= 4 is 15.8 Å². The maximum atomic E-state index is 12.5. The van der Waals surface area contributed by atoms with E-state index in [1.54, 1.807) is 7.05 Å². The third-order valence-electron chi connectivity index (χ3n) is 3.08. The molecule has 0 bridgehead atoms. The monoisotopic (exact) mass is 316 g/mol. The minimum absolute atomic E-state index is 0.0572. The molecule has 1 aliphatic heterocycles. The number of nitrogens with one attached hydrogen (secondary N) is 1. The first kappa shape index (κ1) is 15.8. The molecule has 0 aliphatic carbocycles. The van der Waals surface area contributed by atoms with Gasteiger partial charge in [0.1, 0.15) is 4.90 Å². The van der Waals surface area contributed by atoms with Gasteiger partial charge in [0.2, 0.25) is 10.0 Å². The summed E-state index contributed by atoms with van der Waals surface area (Å²) >= 11 is 0. The predicted octanol–water partition coefficient (Wildman–Crippen LogP) is -0.401. The summed E-state index contributed by atoms with van der Waals surface area (Å²) in [4.78, 5) is 13.4. The van der Waals surface area contributed by atoms with Crippen LogP contribution in [0.25, 0.3) is 0 Å². The molecule has 116 valence electrons. The molecule has 2 heterocycles. The van der Waals surface area contributed by atoms with Crippen LogP contribution in [0, 0.1) is 10.1 Å². The van der Waals surface area contributed by atoms with Gasteiger partial charge in [0.25, 0.3) is 0 Å². The van der Waals surface area contributed by atoms with Gasteiger partial charge in [0.15, 0.2) is 6.20 Å². The van der Waals surface area contributed by atoms with Crippen molar-refractivity contribution in [3.63, 3.8) is 0 Å². The molecule has 1 aliphatic rings. The highest BCUT2D eigenvalue weighted by Crippen LogP contribution is 2.19. The Morgan fingerprint density at radius 1 is 1.57 bits per heavy atom. The molecule has 0 saturated carbocycles. The summed E-state index contributed by atoms with van der Waals surface area (Å²) in [6, 6.07) is 2.28. The number of hydrogen-bond acceptors (Lipinski definition) is 7. The Kier molecular flexibility index (Phi) is 4.83. The van der Waals surface area contributed by atoms with Gasteiger partial charge >= 0.3 is 5.82 Å². The molecule has 1 unspecified atom stereocenters. The smallest absolute Gasteiger partial charge is 0.363 e. The molecule has 1 fully saturated rings. The maximum Gasteiger partial charge on any atom is 0.363 e. The molecule has 0 amide bonds. The summed E-state index contributed by atoms with van der Waals surface area (Å²) < 4.78 is 31.7. The predicted molar refractivity (Wildman–Crippen MR) is 73.3 cm³/mol. The molecular weight excluding hydrogens is 300 g/mol. The van der Waals surface area contributed by atoms with E-state index in [0.717, 1.165) is 12.3 Å². The summed E-state index contributed by atoms with van der Waals surface area (Å²) in [6.07, 6.45) is 0.792. The maximum absolute atomic E-state index is 12.5. The molecule has 1 N–H and O–H groups in total. The number of morpholine rings is 1. The summed E-state index contributed by atoms with van der Waals surface area (Å²) in [5, 5.41) is 13.5. The Balaban J connectivity index is 2.18. The van der Waals surface area contributed by atoms with Crippen LogP contribution in [0.15, 0.2) is 23.2 Å². The number of hydrogen-bond donors (Lipinski definition) is 1. The standard InChI is InChI=1S/C11H16N4O5S/c1-12-6-9-8-14(4-5-20-9)21(18,19)10-2-3-11(13-7-10)15(16)17/h2-3,7,9,12H,4-6,8H2,1H3. The van der Waals surface area contributed by atoms with E-state index in [-0.39, 0.29) is 29.9 Å². The van der Waals surface area contributed by atoms with E-state index >= 15 is 0 Å². The number of aromatic nitrogens is 1. The van der Waals surface area contributed by atoms with E-state index in [9.17, 15) is 18.5 Å². The fraction of sp³-hybridized carbons (Fsp3) is 0.545. The first-order chi connectivity index (χ1) is 9.95. The average Bonchev–Trinajstić information content (AvgIpc) is 2.48. The Morgan fingerprint density at radius 2 is 2.33 bits per heavy atom. The van der Waals surface area contributed by atoms with Crippen LogP contribution in [-0.2, 0) is 14.8 Å². The molecular formula is C11H16N4O5S. The number of rotatable bonds is 5. The zero-order valence-electron chi connectivity index (χ0n) is 11.4. The van der Waals surface area contributed by atoms with Crippen LogP contribution in [0.1, 0.15) is 0 Å². The molecule has 1 aromatic heterocycles. The molecule has 2 rings (SSSR count). The number of sulfonamides is 1. The SMILES string of the molecule is CNCC1CN(S(=O)(=O)c2ccc([N+](=O)[O-])nc2)CCO1. The van der Waals surface area contributed by atoms with Crippen LogP contribution in [0.4, 0.5) is 5.82 Å². The Labute approximate surface area is 122 Å². The van der Waals surface area contributed by atoms with Crippen molar-refractivity contribution < 1.29 is 18.1 Å². The van der Waals surface area contributed by atoms with Crippen molar-refractivity contribution in [3.8, 4) is 0 Å².